The van der Waals surface area contributed by atoms with Gasteiger partial charge in [-0.2, -0.15) is 0 Å². The molecular formula is C21H16FN3O3S2. The van der Waals surface area contributed by atoms with Crippen molar-refractivity contribution in [1.29, 1.82) is 0 Å². The maximum atomic E-state index is 13.9. The first-order valence-electron chi connectivity index (χ1n) is 8.95. The predicted octanol–water partition coefficient (Wildman–Crippen LogP) is 5.16. The van der Waals surface area contributed by atoms with Crippen LogP contribution in [0.1, 0.15) is 22.4 Å². The van der Waals surface area contributed by atoms with Gasteiger partial charge in [0, 0.05) is 17.2 Å². The van der Waals surface area contributed by atoms with Crippen LogP contribution >= 0.6 is 22.7 Å². The lowest BCUT2D eigenvalue weighted by molar-refractivity contribution is -0.119. The van der Waals surface area contributed by atoms with E-state index in [1.807, 2.05) is 17.5 Å². The van der Waals surface area contributed by atoms with Crippen molar-refractivity contribution in [2.24, 2.45) is 0 Å². The van der Waals surface area contributed by atoms with Crippen LogP contribution in [-0.4, -0.2) is 16.8 Å². The maximum Gasteiger partial charge on any atom is 0.293 e. The molecule has 1 aromatic carbocycles. The summed E-state index contributed by atoms with van der Waals surface area (Å²) in [4.78, 5) is 29.9. The molecule has 3 heterocycles. The number of nitrogens with zero attached hydrogens (tertiary/aromatic N) is 1. The third kappa shape index (κ3) is 4.47. The molecule has 4 aromatic rings. The number of hydrogen-bond donors (Lipinski definition) is 2. The molecule has 0 saturated carbocycles. The summed E-state index contributed by atoms with van der Waals surface area (Å²) < 4.78 is 19.4. The van der Waals surface area contributed by atoms with Gasteiger partial charge in [-0.25, -0.2) is 9.37 Å². The van der Waals surface area contributed by atoms with Crippen molar-refractivity contribution in [3.63, 3.8) is 0 Å². The van der Waals surface area contributed by atoms with Crippen LogP contribution in [0.15, 0.2) is 58.3 Å². The molecule has 0 unspecified atom stereocenters. The Balaban J connectivity index is 1.43. The highest BCUT2D eigenvalue weighted by Crippen LogP contribution is 2.31. The highest BCUT2D eigenvalue weighted by molar-refractivity contribution is 7.17. The van der Waals surface area contributed by atoms with Crippen LogP contribution in [0, 0.1) is 5.82 Å². The molecule has 152 valence electrons. The van der Waals surface area contributed by atoms with Gasteiger partial charge in [0.25, 0.3) is 5.91 Å². The van der Waals surface area contributed by atoms with Gasteiger partial charge in [0.1, 0.15) is 11.6 Å². The normalized spacial score (nSPS) is 10.7. The molecule has 2 N–H and O–H groups in total. The zero-order chi connectivity index (χ0) is 21.1. The molecule has 0 aliphatic rings. The number of nitrogens with one attached hydrogen (secondary N) is 2. The van der Waals surface area contributed by atoms with E-state index >= 15 is 0 Å². The molecule has 0 atom stereocenters. The van der Waals surface area contributed by atoms with E-state index in [0.29, 0.717) is 17.2 Å². The van der Waals surface area contributed by atoms with E-state index in [-0.39, 0.29) is 17.4 Å². The van der Waals surface area contributed by atoms with Crippen molar-refractivity contribution in [2.75, 3.05) is 5.32 Å². The van der Waals surface area contributed by atoms with Crippen LogP contribution in [0.2, 0.25) is 0 Å². The predicted molar refractivity (Wildman–Crippen MR) is 115 cm³/mol. The van der Waals surface area contributed by atoms with Gasteiger partial charge in [-0.15, -0.1) is 22.7 Å². The zero-order valence-electron chi connectivity index (χ0n) is 15.8. The van der Waals surface area contributed by atoms with Crippen molar-refractivity contribution in [1.82, 2.24) is 10.3 Å². The minimum atomic E-state index is -0.462. The fraction of sp³-hybridized carbons (Fsp3) is 0.0952. The first-order valence-corrected chi connectivity index (χ1v) is 10.6. The van der Waals surface area contributed by atoms with Gasteiger partial charge in [-0.3, -0.25) is 14.9 Å². The first kappa shape index (κ1) is 20.0. The van der Waals surface area contributed by atoms with Crippen molar-refractivity contribution < 1.29 is 18.4 Å². The van der Waals surface area contributed by atoms with E-state index in [2.05, 4.69) is 15.6 Å². The molecule has 9 heteroatoms. The quantitative estimate of drug-likeness (QED) is 0.433. The number of carbonyl (C=O) groups is 2. The summed E-state index contributed by atoms with van der Waals surface area (Å²) in [6.45, 7) is 1.94. The van der Waals surface area contributed by atoms with Gasteiger partial charge >= 0.3 is 0 Å². The third-order valence-electron chi connectivity index (χ3n) is 4.12. The number of hydrogen-bond acceptors (Lipinski definition) is 6. The van der Waals surface area contributed by atoms with Gasteiger partial charge in [-0.05, 0) is 36.4 Å². The highest BCUT2D eigenvalue weighted by atomic mass is 32.1. The van der Waals surface area contributed by atoms with Crippen molar-refractivity contribution in [3.05, 3.63) is 70.4 Å². The molecule has 4 rings (SSSR count). The minimum Gasteiger partial charge on any atom is -0.451 e. The summed E-state index contributed by atoms with van der Waals surface area (Å²) in [6, 6.07) is 13.1. The summed E-state index contributed by atoms with van der Waals surface area (Å²) in [6.07, 6.45) is 0. The first-order chi connectivity index (χ1) is 14.5. The van der Waals surface area contributed by atoms with Gasteiger partial charge < -0.3 is 9.73 Å². The van der Waals surface area contributed by atoms with Crippen LogP contribution in [0.25, 0.3) is 21.9 Å². The van der Waals surface area contributed by atoms with Gasteiger partial charge in [0.15, 0.2) is 10.9 Å². The van der Waals surface area contributed by atoms with Crippen LogP contribution in [0.4, 0.5) is 9.52 Å². The number of halogens is 1. The van der Waals surface area contributed by atoms with E-state index in [1.54, 1.807) is 24.3 Å². The second-order valence-corrected chi connectivity index (χ2v) is 8.34. The number of thiophene rings is 1. The van der Waals surface area contributed by atoms with Crippen molar-refractivity contribution in [3.8, 4) is 21.9 Å². The Kier molecular flexibility index (Phi) is 5.73. The van der Waals surface area contributed by atoms with Crippen LogP contribution in [-0.2, 0) is 11.3 Å². The van der Waals surface area contributed by atoms with Crippen LogP contribution in [0.5, 0.6) is 0 Å². The van der Waals surface area contributed by atoms with Crippen LogP contribution in [0.3, 0.4) is 0 Å². The highest BCUT2D eigenvalue weighted by Gasteiger charge is 2.16. The van der Waals surface area contributed by atoms with Crippen molar-refractivity contribution in [2.45, 2.75) is 13.5 Å². The molecule has 0 aliphatic carbocycles. The van der Waals surface area contributed by atoms with Crippen molar-refractivity contribution >= 4 is 39.6 Å². The fourth-order valence-electron chi connectivity index (χ4n) is 2.69. The number of anilines is 1. The molecule has 0 aliphatic heterocycles. The Hall–Kier alpha value is -3.30. The van der Waals surface area contributed by atoms with E-state index in [0.717, 1.165) is 15.4 Å². The summed E-state index contributed by atoms with van der Waals surface area (Å²) in [7, 11) is 0. The molecule has 0 spiro atoms. The lowest BCUT2D eigenvalue weighted by Crippen LogP contribution is -2.17. The molecule has 30 heavy (non-hydrogen) atoms. The molecule has 2 amide bonds. The average molecular weight is 442 g/mol. The molecule has 6 nitrogen and oxygen atoms in total. The Morgan fingerprint density at radius 3 is 2.77 bits per heavy atom. The Bertz CT molecular complexity index is 1210. The zero-order valence-corrected chi connectivity index (χ0v) is 17.4. The second kappa shape index (κ2) is 8.60. The lowest BCUT2D eigenvalue weighted by atomic mass is 10.1. The molecular weight excluding hydrogens is 425 g/mol. The largest absolute Gasteiger partial charge is 0.451 e. The summed E-state index contributed by atoms with van der Waals surface area (Å²) in [5.41, 5.74) is 1.03. The number of rotatable bonds is 6. The standard InChI is InChI=1S/C21H16FN3O3S2/c1-12(26)23-10-13-6-9-19(30-13)16-11-29-21(24-16)25-20(27)18-8-7-17(28-18)14-4-2-3-5-15(14)22/h2-9,11H,10H2,1H3,(H,23,26)(H,24,25,27). The molecule has 0 fully saturated rings. The second-order valence-electron chi connectivity index (χ2n) is 6.31. The summed E-state index contributed by atoms with van der Waals surface area (Å²) >= 11 is 2.81. The number of aromatic nitrogens is 1. The topological polar surface area (TPSA) is 84.2 Å². The van der Waals surface area contributed by atoms with Gasteiger partial charge in [0.05, 0.1) is 22.7 Å². The van der Waals surface area contributed by atoms with E-state index < -0.39 is 11.7 Å². The van der Waals surface area contributed by atoms with E-state index in [9.17, 15) is 14.0 Å². The monoisotopic (exact) mass is 441 g/mol. The fourth-order valence-corrected chi connectivity index (χ4v) is 4.38. The Morgan fingerprint density at radius 2 is 1.97 bits per heavy atom. The SMILES string of the molecule is CC(=O)NCc1ccc(-c2csc(NC(=O)c3ccc(-c4ccccc4F)o3)n2)s1. The van der Waals surface area contributed by atoms with Gasteiger partial charge in [-0.1, -0.05) is 12.1 Å². The van der Waals surface area contributed by atoms with E-state index in [1.165, 1.54) is 41.7 Å². The lowest BCUT2D eigenvalue weighted by Gasteiger charge is -2.00. The molecule has 0 bridgehead atoms. The van der Waals surface area contributed by atoms with Crippen LogP contribution < -0.4 is 10.6 Å². The van der Waals surface area contributed by atoms with Gasteiger partial charge in [0.2, 0.25) is 5.91 Å². The number of carbonyl (C=O) groups excluding carboxylic acids is 2. The number of furan rings is 1. The summed E-state index contributed by atoms with van der Waals surface area (Å²) in [5, 5.41) is 7.73. The average Bonchev–Trinajstić information content (AvgIpc) is 3.47. The smallest absolute Gasteiger partial charge is 0.293 e. The Morgan fingerprint density at radius 1 is 1.13 bits per heavy atom. The van der Waals surface area contributed by atoms with E-state index in [4.69, 9.17) is 4.42 Å². The maximum absolute atomic E-state index is 13.9. The number of benzene rings is 1. The third-order valence-corrected chi connectivity index (χ3v) is 5.98. The molecule has 3 aromatic heterocycles. The Labute approximate surface area is 179 Å². The number of thiazole rings is 1. The number of amides is 2. The minimum absolute atomic E-state index is 0.0683. The summed E-state index contributed by atoms with van der Waals surface area (Å²) in [5.74, 6) is -0.616. The molecule has 0 radical (unpaired) electrons. The molecule has 0 saturated heterocycles.